The number of benzene rings is 1. The van der Waals surface area contributed by atoms with Crippen molar-refractivity contribution < 1.29 is 13.2 Å². The van der Waals surface area contributed by atoms with E-state index in [1.54, 1.807) is 6.07 Å². The van der Waals surface area contributed by atoms with E-state index in [1.165, 1.54) is 0 Å². The molecule has 1 aromatic rings. The number of ether oxygens (including phenoxy) is 1. The molecule has 1 rings (SSSR count). The van der Waals surface area contributed by atoms with Crippen molar-refractivity contribution in [1.82, 2.24) is 0 Å². The minimum atomic E-state index is -3.27. The Labute approximate surface area is 116 Å². The molecule has 0 aliphatic rings. The van der Waals surface area contributed by atoms with E-state index < -0.39 is 9.84 Å². The zero-order valence-corrected chi connectivity index (χ0v) is 13.3. The van der Waals surface area contributed by atoms with Gasteiger partial charge in [-0.2, -0.15) is 0 Å². The van der Waals surface area contributed by atoms with Crippen molar-refractivity contribution >= 4 is 9.84 Å². The molecule has 3 nitrogen and oxygen atoms in total. The van der Waals surface area contributed by atoms with Crippen molar-refractivity contribution in [2.75, 3.05) is 19.0 Å². The number of aryl methyl sites for hydroxylation is 1. The molecule has 0 amide bonds. The molecule has 0 aromatic heterocycles. The van der Waals surface area contributed by atoms with Gasteiger partial charge >= 0.3 is 0 Å². The van der Waals surface area contributed by atoms with Gasteiger partial charge in [0.05, 0.1) is 17.3 Å². The van der Waals surface area contributed by atoms with Crippen LogP contribution < -0.4 is 0 Å². The van der Waals surface area contributed by atoms with Crippen LogP contribution in [0.15, 0.2) is 23.1 Å². The average Bonchev–Trinajstić information content (AvgIpc) is 2.27. The largest absolute Gasteiger partial charge is 0.381 e. The molecule has 0 aliphatic heterocycles. The second-order valence-corrected chi connectivity index (χ2v) is 7.82. The standard InChI is InChI=1S/C15H24O3S/c1-6-18-9-10-19(16,17)14-11-13(15(3,4)5)8-7-12(14)2/h7-8,11H,6,9-10H2,1-5H3. The Morgan fingerprint density at radius 1 is 1.21 bits per heavy atom. The van der Waals surface area contributed by atoms with E-state index in [4.69, 9.17) is 4.74 Å². The zero-order valence-electron chi connectivity index (χ0n) is 12.5. The normalized spacial score (nSPS) is 12.7. The lowest BCUT2D eigenvalue weighted by Crippen LogP contribution is -2.16. The minimum absolute atomic E-state index is 0.0370. The van der Waals surface area contributed by atoms with Gasteiger partial charge in [0.1, 0.15) is 0 Å². The highest BCUT2D eigenvalue weighted by atomic mass is 32.2. The predicted octanol–water partition coefficient (Wildman–Crippen LogP) is 3.10. The number of hydrogen-bond acceptors (Lipinski definition) is 3. The van der Waals surface area contributed by atoms with E-state index in [0.717, 1.165) is 11.1 Å². The highest BCUT2D eigenvalue weighted by Crippen LogP contribution is 2.27. The third kappa shape index (κ3) is 4.32. The zero-order chi connectivity index (χ0) is 14.7. The molecule has 0 atom stereocenters. The lowest BCUT2D eigenvalue weighted by atomic mass is 9.87. The summed E-state index contributed by atoms with van der Waals surface area (Å²) in [5.74, 6) is 0.0370. The van der Waals surface area contributed by atoms with Gasteiger partial charge in [-0.25, -0.2) is 8.42 Å². The Morgan fingerprint density at radius 2 is 1.84 bits per heavy atom. The molecule has 0 heterocycles. The Bertz CT molecular complexity index is 525. The van der Waals surface area contributed by atoms with Crippen LogP contribution in [0.5, 0.6) is 0 Å². The highest BCUT2D eigenvalue weighted by molar-refractivity contribution is 7.91. The van der Waals surface area contributed by atoms with Gasteiger partial charge in [-0.1, -0.05) is 32.9 Å². The van der Waals surface area contributed by atoms with Gasteiger partial charge in [-0.05, 0) is 36.5 Å². The molecule has 108 valence electrons. The molecule has 0 aliphatic carbocycles. The highest BCUT2D eigenvalue weighted by Gasteiger charge is 2.21. The van der Waals surface area contributed by atoms with Crippen LogP contribution in [0.25, 0.3) is 0 Å². The van der Waals surface area contributed by atoms with Gasteiger partial charge < -0.3 is 4.74 Å². The molecule has 19 heavy (non-hydrogen) atoms. The first-order chi connectivity index (χ1) is 8.68. The lowest BCUT2D eigenvalue weighted by molar-refractivity contribution is 0.163. The smallest absolute Gasteiger partial charge is 0.180 e. The first-order valence-electron chi connectivity index (χ1n) is 6.60. The minimum Gasteiger partial charge on any atom is -0.381 e. The van der Waals surface area contributed by atoms with Crippen molar-refractivity contribution in [3.63, 3.8) is 0 Å². The van der Waals surface area contributed by atoms with Gasteiger partial charge in [0.15, 0.2) is 9.84 Å². The molecule has 0 bridgehead atoms. The molecule has 0 unspecified atom stereocenters. The summed E-state index contributed by atoms with van der Waals surface area (Å²) in [4.78, 5) is 0.430. The van der Waals surface area contributed by atoms with Crippen LogP contribution in [0.4, 0.5) is 0 Å². The van der Waals surface area contributed by atoms with Gasteiger partial charge in [0, 0.05) is 6.61 Å². The maximum Gasteiger partial charge on any atom is 0.180 e. The second kappa shape index (κ2) is 6.06. The third-order valence-electron chi connectivity index (χ3n) is 3.09. The topological polar surface area (TPSA) is 43.4 Å². The van der Waals surface area contributed by atoms with Crippen molar-refractivity contribution in [3.05, 3.63) is 29.3 Å². The van der Waals surface area contributed by atoms with Crippen LogP contribution in [0.2, 0.25) is 0 Å². The summed E-state index contributed by atoms with van der Waals surface area (Å²) in [6, 6.07) is 5.68. The van der Waals surface area contributed by atoms with E-state index in [1.807, 2.05) is 26.0 Å². The fourth-order valence-corrected chi connectivity index (χ4v) is 3.25. The lowest BCUT2D eigenvalue weighted by Gasteiger charge is -2.20. The maximum absolute atomic E-state index is 12.3. The van der Waals surface area contributed by atoms with Gasteiger partial charge in [0.25, 0.3) is 0 Å². The fraction of sp³-hybridized carbons (Fsp3) is 0.600. The number of hydrogen-bond donors (Lipinski definition) is 0. The second-order valence-electron chi connectivity index (χ2n) is 5.75. The van der Waals surface area contributed by atoms with Crippen LogP contribution in [-0.2, 0) is 20.0 Å². The van der Waals surface area contributed by atoms with E-state index in [0.29, 0.717) is 11.5 Å². The molecule has 0 saturated heterocycles. The Kier molecular flexibility index (Phi) is 5.16. The van der Waals surface area contributed by atoms with Gasteiger partial charge in [-0.15, -0.1) is 0 Å². The maximum atomic E-state index is 12.3. The average molecular weight is 284 g/mol. The van der Waals surface area contributed by atoms with Crippen LogP contribution in [-0.4, -0.2) is 27.4 Å². The Morgan fingerprint density at radius 3 is 2.37 bits per heavy atom. The first-order valence-corrected chi connectivity index (χ1v) is 8.25. The molecule has 0 N–H and O–H groups in total. The quantitative estimate of drug-likeness (QED) is 0.780. The summed E-state index contributed by atoms with van der Waals surface area (Å²) in [5, 5.41) is 0. The SMILES string of the molecule is CCOCCS(=O)(=O)c1cc(C(C)(C)C)ccc1C. The van der Waals surface area contributed by atoms with Crippen LogP contribution >= 0.6 is 0 Å². The van der Waals surface area contributed by atoms with Crippen molar-refractivity contribution in [2.45, 2.75) is 44.9 Å². The molecule has 0 spiro atoms. The molecular weight excluding hydrogens is 260 g/mol. The first kappa shape index (κ1) is 16.2. The molecule has 4 heteroatoms. The van der Waals surface area contributed by atoms with E-state index >= 15 is 0 Å². The number of rotatable bonds is 5. The Hall–Kier alpha value is -0.870. The monoisotopic (exact) mass is 284 g/mol. The summed E-state index contributed by atoms with van der Waals surface area (Å²) in [6.07, 6.45) is 0. The van der Waals surface area contributed by atoms with Crippen LogP contribution in [0.3, 0.4) is 0 Å². The van der Waals surface area contributed by atoms with Crippen LogP contribution in [0.1, 0.15) is 38.8 Å². The molecule has 0 fully saturated rings. The van der Waals surface area contributed by atoms with Crippen molar-refractivity contribution in [1.29, 1.82) is 0 Å². The van der Waals surface area contributed by atoms with E-state index in [2.05, 4.69) is 20.8 Å². The van der Waals surface area contributed by atoms with E-state index in [9.17, 15) is 8.42 Å². The summed E-state index contributed by atoms with van der Waals surface area (Å²) < 4.78 is 29.8. The summed E-state index contributed by atoms with van der Waals surface area (Å²) >= 11 is 0. The van der Waals surface area contributed by atoms with E-state index in [-0.39, 0.29) is 17.8 Å². The van der Waals surface area contributed by atoms with Crippen molar-refractivity contribution in [2.24, 2.45) is 0 Å². The van der Waals surface area contributed by atoms with Gasteiger partial charge in [-0.3, -0.25) is 0 Å². The fourth-order valence-electron chi connectivity index (χ4n) is 1.82. The summed E-state index contributed by atoms with van der Waals surface area (Å²) in [7, 11) is -3.27. The van der Waals surface area contributed by atoms with Crippen molar-refractivity contribution in [3.8, 4) is 0 Å². The predicted molar refractivity (Wildman–Crippen MR) is 78.4 cm³/mol. The van der Waals surface area contributed by atoms with Gasteiger partial charge in [0.2, 0.25) is 0 Å². The third-order valence-corrected chi connectivity index (χ3v) is 4.90. The molecule has 0 radical (unpaired) electrons. The molecule has 1 aromatic carbocycles. The Balaban J connectivity index is 3.12. The molecular formula is C15H24O3S. The summed E-state index contributed by atoms with van der Waals surface area (Å²) in [5.41, 5.74) is 1.77. The molecule has 0 saturated carbocycles. The van der Waals surface area contributed by atoms with Crippen LogP contribution in [0, 0.1) is 6.92 Å². The number of sulfone groups is 1. The summed E-state index contributed by atoms with van der Waals surface area (Å²) in [6.45, 7) is 10.7.